The zero-order chi connectivity index (χ0) is 13.7. The summed E-state index contributed by atoms with van der Waals surface area (Å²) >= 11 is 0. The highest BCUT2D eigenvalue weighted by atomic mass is 16.5. The molecule has 0 radical (unpaired) electrons. The van der Waals surface area contributed by atoms with Gasteiger partial charge >= 0.3 is 0 Å². The fraction of sp³-hybridized carbons (Fsp3) is 0.647. The summed E-state index contributed by atoms with van der Waals surface area (Å²) in [6.07, 6.45) is 6.62. The van der Waals surface area contributed by atoms with Crippen LogP contribution in [0.25, 0.3) is 0 Å². The lowest BCUT2D eigenvalue weighted by molar-refractivity contribution is 0.206. The van der Waals surface area contributed by atoms with Crippen LogP contribution < -0.4 is 10.1 Å². The van der Waals surface area contributed by atoms with E-state index in [0.29, 0.717) is 18.2 Å². The molecular weight excluding hydrogens is 234 g/mol. The Kier molecular flexibility index (Phi) is 5.26. The van der Waals surface area contributed by atoms with Crippen LogP contribution in [0.3, 0.4) is 0 Å². The van der Waals surface area contributed by atoms with Crippen LogP contribution in [0, 0.1) is 0 Å². The van der Waals surface area contributed by atoms with Crippen molar-refractivity contribution in [1.82, 2.24) is 5.32 Å². The highest BCUT2D eigenvalue weighted by Crippen LogP contribution is 2.30. The Morgan fingerprint density at radius 3 is 2.58 bits per heavy atom. The largest absolute Gasteiger partial charge is 0.490 e. The first kappa shape index (κ1) is 14.4. The molecule has 1 fully saturated rings. The fourth-order valence-corrected chi connectivity index (χ4v) is 2.77. The molecule has 1 aliphatic rings. The van der Waals surface area contributed by atoms with Gasteiger partial charge in [-0.25, -0.2) is 0 Å². The van der Waals surface area contributed by atoms with E-state index in [1.807, 2.05) is 0 Å². The fourth-order valence-electron chi connectivity index (χ4n) is 2.77. The molecule has 1 saturated carbocycles. The quantitative estimate of drug-likeness (QED) is 0.816. The lowest BCUT2D eigenvalue weighted by Gasteiger charge is -2.23. The van der Waals surface area contributed by atoms with Crippen molar-refractivity contribution in [2.75, 3.05) is 0 Å². The van der Waals surface area contributed by atoms with Crippen molar-refractivity contribution in [2.45, 2.75) is 71.1 Å². The minimum atomic E-state index is 0.340. The van der Waals surface area contributed by atoms with Gasteiger partial charge in [-0.1, -0.05) is 25.1 Å². The van der Waals surface area contributed by atoms with Gasteiger partial charge in [-0.3, -0.25) is 0 Å². The Morgan fingerprint density at radius 1 is 1.21 bits per heavy atom. The summed E-state index contributed by atoms with van der Waals surface area (Å²) in [5.41, 5.74) is 1.29. The highest BCUT2D eigenvalue weighted by Gasteiger charge is 2.19. The van der Waals surface area contributed by atoms with Crippen LogP contribution in [0.4, 0.5) is 0 Å². The van der Waals surface area contributed by atoms with Gasteiger partial charge < -0.3 is 10.1 Å². The average Bonchev–Trinajstić information content (AvgIpc) is 2.92. The first-order chi connectivity index (χ1) is 9.20. The van der Waals surface area contributed by atoms with E-state index in [1.54, 1.807) is 0 Å². The Bertz CT molecular complexity index is 385. The van der Waals surface area contributed by atoms with Crippen LogP contribution in [0.1, 0.15) is 64.5 Å². The van der Waals surface area contributed by atoms with Gasteiger partial charge in [0.2, 0.25) is 0 Å². The number of hydrogen-bond donors (Lipinski definition) is 1. The maximum atomic E-state index is 6.20. The van der Waals surface area contributed by atoms with E-state index >= 15 is 0 Å². The van der Waals surface area contributed by atoms with E-state index in [1.165, 1.54) is 31.2 Å². The summed E-state index contributed by atoms with van der Waals surface area (Å²) in [5.74, 6) is 1.07. The second kappa shape index (κ2) is 6.95. The molecule has 1 aromatic carbocycles. The lowest BCUT2D eigenvalue weighted by atomic mass is 10.1. The molecule has 106 valence electrons. The highest BCUT2D eigenvalue weighted by molar-refractivity contribution is 5.36. The molecule has 1 aliphatic carbocycles. The number of nitrogens with one attached hydrogen (secondary N) is 1. The van der Waals surface area contributed by atoms with Gasteiger partial charge in [0.25, 0.3) is 0 Å². The summed E-state index contributed by atoms with van der Waals surface area (Å²) in [4.78, 5) is 0. The van der Waals surface area contributed by atoms with Crippen molar-refractivity contribution >= 4 is 0 Å². The van der Waals surface area contributed by atoms with Crippen LogP contribution in [-0.4, -0.2) is 12.1 Å². The molecular formula is C17H27NO. The minimum Gasteiger partial charge on any atom is -0.490 e. The van der Waals surface area contributed by atoms with Crippen molar-refractivity contribution in [2.24, 2.45) is 0 Å². The number of rotatable bonds is 6. The van der Waals surface area contributed by atoms with Gasteiger partial charge in [0.15, 0.2) is 0 Å². The third kappa shape index (κ3) is 3.97. The zero-order valence-electron chi connectivity index (χ0n) is 12.5. The first-order valence-electron chi connectivity index (χ1n) is 7.72. The van der Waals surface area contributed by atoms with E-state index < -0.39 is 0 Å². The predicted molar refractivity (Wildman–Crippen MR) is 80.6 cm³/mol. The predicted octanol–water partition coefficient (Wildman–Crippen LogP) is 4.46. The minimum absolute atomic E-state index is 0.340. The molecule has 2 heteroatoms. The number of ether oxygens (including phenoxy) is 1. The molecule has 2 rings (SSSR count). The third-order valence-corrected chi connectivity index (χ3v) is 4.13. The van der Waals surface area contributed by atoms with Crippen molar-refractivity contribution in [3.63, 3.8) is 0 Å². The molecule has 1 N–H and O–H groups in total. The maximum Gasteiger partial charge on any atom is 0.124 e. The number of hydrogen-bond acceptors (Lipinski definition) is 2. The summed E-state index contributed by atoms with van der Waals surface area (Å²) in [5, 5.41) is 3.63. The summed E-state index contributed by atoms with van der Waals surface area (Å²) in [6, 6.07) is 9.35. The summed E-state index contributed by atoms with van der Waals surface area (Å²) < 4.78 is 6.20. The molecule has 2 atom stereocenters. The van der Waals surface area contributed by atoms with E-state index in [0.717, 1.165) is 12.2 Å². The van der Waals surface area contributed by atoms with Crippen molar-refractivity contribution < 1.29 is 4.74 Å². The molecule has 19 heavy (non-hydrogen) atoms. The van der Waals surface area contributed by atoms with Crippen LogP contribution in [-0.2, 0) is 0 Å². The standard InChI is InChI=1S/C17H27NO/c1-4-13(2)18-14(3)16-11-7-8-12-17(16)19-15-9-5-6-10-15/h7-8,11-15,18H,4-6,9-10H2,1-3H3. The molecule has 1 aromatic rings. The molecule has 0 heterocycles. The van der Waals surface area contributed by atoms with Crippen molar-refractivity contribution in [3.8, 4) is 5.75 Å². The van der Waals surface area contributed by atoms with Crippen LogP contribution >= 0.6 is 0 Å². The van der Waals surface area contributed by atoms with Crippen LogP contribution in [0.5, 0.6) is 5.75 Å². The van der Waals surface area contributed by atoms with Crippen LogP contribution in [0.15, 0.2) is 24.3 Å². The monoisotopic (exact) mass is 261 g/mol. The van der Waals surface area contributed by atoms with E-state index in [4.69, 9.17) is 4.74 Å². The SMILES string of the molecule is CCC(C)NC(C)c1ccccc1OC1CCCC1. The Labute approximate surface area is 117 Å². The topological polar surface area (TPSA) is 21.3 Å². The number of para-hydroxylation sites is 1. The van der Waals surface area contributed by atoms with E-state index in [2.05, 4.69) is 50.4 Å². The number of benzene rings is 1. The third-order valence-electron chi connectivity index (χ3n) is 4.13. The van der Waals surface area contributed by atoms with Crippen LogP contribution in [0.2, 0.25) is 0 Å². The summed E-state index contributed by atoms with van der Waals surface area (Å²) in [7, 11) is 0. The Balaban J connectivity index is 2.06. The zero-order valence-corrected chi connectivity index (χ0v) is 12.5. The van der Waals surface area contributed by atoms with E-state index in [9.17, 15) is 0 Å². The molecule has 0 saturated heterocycles. The Hall–Kier alpha value is -1.02. The van der Waals surface area contributed by atoms with E-state index in [-0.39, 0.29) is 0 Å². The summed E-state index contributed by atoms with van der Waals surface area (Å²) in [6.45, 7) is 6.67. The molecule has 0 bridgehead atoms. The van der Waals surface area contributed by atoms with Gasteiger partial charge in [-0.15, -0.1) is 0 Å². The maximum absolute atomic E-state index is 6.20. The van der Waals surface area contributed by atoms with Crippen molar-refractivity contribution in [1.29, 1.82) is 0 Å². The van der Waals surface area contributed by atoms with Gasteiger partial charge in [0, 0.05) is 17.6 Å². The van der Waals surface area contributed by atoms with Gasteiger partial charge in [0.05, 0.1) is 6.10 Å². The second-order valence-corrected chi connectivity index (χ2v) is 5.76. The molecule has 0 aliphatic heterocycles. The molecule has 2 nitrogen and oxygen atoms in total. The van der Waals surface area contributed by atoms with Crippen molar-refractivity contribution in [3.05, 3.63) is 29.8 Å². The second-order valence-electron chi connectivity index (χ2n) is 5.76. The Morgan fingerprint density at radius 2 is 1.89 bits per heavy atom. The first-order valence-corrected chi connectivity index (χ1v) is 7.72. The lowest BCUT2D eigenvalue weighted by Crippen LogP contribution is -2.28. The molecule has 2 unspecified atom stereocenters. The smallest absolute Gasteiger partial charge is 0.124 e. The van der Waals surface area contributed by atoms with Gasteiger partial charge in [-0.2, -0.15) is 0 Å². The van der Waals surface area contributed by atoms with Gasteiger partial charge in [-0.05, 0) is 52.0 Å². The molecule has 0 aromatic heterocycles. The van der Waals surface area contributed by atoms with Gasteiger partial charge in [0.1, 0.15) is 5.75 Å². The average molecular weight is 261 g/mol. The molecule has 0 amide bonds. The normalized spacial score (nSPS) is 19.3. The molecule has 0 spiro atoms.